The Balaban J connectivity index is 1.96. The molecule has 1 aliphatic carbocycles. The predicted octanol–water partition coefficient (Wildman–Crippen LogP) is 6.60. The molecule has 156 valence electrons. The lowest BCUT2D eigenvalue weighted by molar-refractivity contribution is -0.139. The molecule has 2 aromatic rings. The Kier molecular flexibility index (Phi) is 6.42. The number of halogens is 4. The standard InChI is InChI=1S/C22H23ClF3NO2/c1-2-29-19-11-10-15(14-17(19)22(24,25)26)27-20(28)21(12-6-3-7-13-21)16-8-4-5-9-18(16)23/h4-5,8-11,14H,2-3,6-7,12-13H2,1H3,(H,27,28). The average Bonchev–Trinajstić information content (AvgIpc) is 2.69. The van der Waals surface area contributed by atoms with Gasteiger partial charge in [0.1, 0.15) is 5.75 Å². The molecule has 0 radical (unpaired) electrons. The van der Waals surface area contributed by atoms with E-state index in [1.807, 2.05) is 12.1 Å². The van der Waals surface area contributed by atoms with Crippen molar-refractivity contribution in [2.24, 2.45) is 0 Å². The van der Waals surface area contributed by atoms with Crippen LogP contribution in [0.25, 0.3) is 0 Å². The maximum absolute atomic E-state index is 13.4. The van der Waals surface area contributed by atoms with Gasteiger partial charge in [0.15, 0.2) is 0 Å². The SMILES string of the molecule is CCOc1ccc(NC(=O)C2(c3ccccc3Cl)CCCCC2)cc1C(F)(F)F. The number of hydrogen-bond donors (Lipinski definition) is 1. The molecule has 0 aromatic heterocycles. The number of anilines is 1. The zero-order chi connectivity index (χ0) is 21.1. The fourth-order valence-electron chi connectivity index (χ4n) is 3.98. The van der Waals surface area contributed by atoms with Gasteiger partial charge in [0.2, 0.25) is 5.91 Å². The minimum atomic E-state index is -4.59. The summed E-state index contributed by atoms with van der Waals surface area (Å²) in [7, 11) is 0. The van der Waals surface area contributed by atoms with Crippen LogP contribution in [0.5, 0.6) is 5.75 Å². The van der Waals surface area contributed by atoms with Crippen LogP contribution in [0.15, 0.2) is 42.5 Å². The van der Waals surface area contributed by atoms with Crippen molar-refractivity contribution in [2.75, 3.05) is 11.9 Å². The van der Waals surface area contributed by atoms with Crippen LogP contribution in [-0.4, -0.2) is 12.5 Å². The van der Waals surface area contributed by atoms with Gasteiger partial charge in [-0.05, 0) is 49.6 Å². The maximum Gasteiger partial charge on any atom is 0.420 e. The van der Waals surface area contributed by atoms with Crippen LogP contribution in [0.1, 0.15) is 50.2 Å². The Hall–Kier alpha value is -2.21. The highest BCUT2D eigenvalue weighted by Gasteiger charge is 2.42. The Morgan fingerprint density at radius 2 is 1.83 bits per heavy atom. The molecule has 0 spiro atoms. The first kappa shape index (κ1) is 21.5. The fourth-order valence-corrected chi connectivity index (χ4v) is 4.30. The zero-order valence-corrected chi connectivity index (χ0v) is 16.9. The Bertz CT molecular complexity index is 877. The second-order valence-electron chi connectivity index (χ2n) is 7.22. The quantitative estimate of drug-likeness (QED) is 0.586. The highest BCUT2D eigenvalue weighted by Crippen LogP contribution is 2.44. The van der Waals surface area contributed by atoms with Crippen molar-refractivity contribution < 1.29 is 22.7 Å². The van der Waals surface area contributed by atoms with E-state index in [4.69, 9.17) is 16.3 Å². The monoisotopic (exact) mass is 425 g/mol. The van der Waals surface area contributed by atoms with Gasteiger partial charge in [-0.2, -0.15) is 13.2 Å². The van der Waals surface area contributed by atoms with Crippen molar-refractivity contribution in [1.29, 1.82) is 0 Å². The van der Waals surface area contributed by atoms with E-state index in [1.165, 1.54) is 12.1 Å². The van der Waals surface area contributed by atoms with Crippen LogP contribution in [0, 0.1) is 0 Å². The summed E-state index contributed by atoms with van der Waals surface area (Å²) in [5.41, 5.74) is -0.954. The lowest BCUT2D eigenvalue weighted by Gasteiger charge is -2.37. The molecule has 1 N–H and O–H groups in total. The van der Waals surface area contributed by atoms with E-state index < -0.39 is 17.2 Å². The first-order valence-electron chi connectivity index (χ1n) is 9.68. The van der Waals surface area contributed by atoms with Crippen molar-refractivity contribution in [2.45, 2.75) is 50.6 Å². The van der Waals surface area contributed by atoms with Gasteiger partial charge in [-0.1, -0.05) is 49.1 Å². The van der Waals surface area contributed by atoms with Crippen LogP contribution in [-0.2, 0) is 16.4 Å². The molecule has 0 heterocycles. The molecule has 0 saturated heterocycles. The van der Waals surface area contributed by atoms with Crippen LogP contribution in [0.4, 0.5) is 18.9 Å². The third-order valence-electron chi connectivity index (χ3n) is 5.37. The molecule has 0 atom stereocenters. The number of carbonyl (C=O) groups is 1. The molecule has 0 unspecified atom stereocenters. The van der Waals surface area contributed by atoms with Gasteiger partial charge in [-0.25, -0.2) is 0 Å². The highest BCUT2D eigenvalue weighted by molar-refractivity contribution is 6.31. The van der Waals surface area contributed by atoms with Gasteiger partial charge in [-0.15, -0.1) is 0 Å². The van der Waals surface area contributed by atoms with E-state index in [0.29, 0.717) is 17.9 Å². The molecule has 3 rings (SSSR count). The molecule has 3 nitrogen and oxygen atoms in total. The van der Waals surface area contributed by atoms with E-state index in [0.717, 1.165) is 30.9 Å². The normalized spacial score (nSPS) is 16.3. The number of nitrogens with one attached hydrogen (secondary N) is 1. The largest absolute Gasteiger partial charge is 0.493 e. The van der Waals surface area contributed by atoms with Crippen molar-refractivity contribution >= 4 is 23.2 Å². The van der Waals surface area contributed by atoms with Crippen LogP contribution in [0.3, 0.4) is 0 Å². The summed E-state index contributed by atoms with van der Waals surface area (Å²) in [6.07, 6.45) is -0.653. The molecule has 0 bridgehead atoms. The second kappa shape index (κ2) is 8.66. The number of rotatable bonds is 5. The van der Waals surface area contributed by atoms with E-state index in [1.54, 1.807) is 19.1 Å². The summed E-state index contributed by atoms with van der Waals surface area (Å²) in [5, 5.41) is 3.20. The number of hydrogen-bond acceptors (Lipinski definition) is 2. The van der Waals surface area contributed by atoms with Gasteiger partial charge in [0.05, 0.1) is 17.6 Å². The number of carbonyl (C=O) groups excluding carboxylic acids is 1. The van der Waals surface area contributed by atoms with Gasteiger partial charge >= 0.3 is 6.18 Å². The minimum absolute atomic E-state index is 0.0859. The molecule has 2 aromatic carbocycles. The van der Waals surface area contributed by atoms with Crippen molar-refractivity contribution in [3.8, 4) is 5.75 Å². The van der Waals surface area contributed by atoms with Crippen LogP contribution in [0.2, 0.25) is 5.02 Å². The fraction of sp³-hybridized carbons (Fsp3) is 0.409. The lowest BCUT2D eigenvalue weighted by atomic mass is 9.68. The lowest BCUT2D eigenvalue weighted by Crippen LogP contribution is -2.42. The smallest absolute Gasteiger partial charge is 0.420 e. The zero-order valence-electron chi connectivity index (χ0n) is 16.1. The third-order valence-corrected chi connectivity index (χ3v) is 5.70. The van der Waals surface area contributed by atoms with Crippen molar-refractivity contribution in [1.82, 2.24) is 0 Å². The van der Waals surface area contributed by atoms with E-state index >= 15 is 0 Å². The van der Waals surface area contributed by atoms with E-state index in [-0.39, 0.29) is 24.0 Å². The third kappa shape index (κ3) is 4.53. The predicted molar refractivity (Wildman–Crippen MR) is 107 cm³/mol. The summed E-state index contributed by atoms with van der Waals surface area (Å²) in [4.78, 5) is 13.3. The Labute approximate surface area is 173 Å². The van der Waals surface area contributed by atoms with Crippen molar-refractivity contribution in [3.63, 3.8) is 0 Å². The highest BCUT2D eigenvalue weighted by atomic mass is 35.5. The summed E-state index contributed by atoms with van der Waals surface area (Å²) in [5.74, 6) is -0.584. The maximum atomic E-state index is 13.4. The van der Waals surface area contributed by atoms with Gasteiger partial charge in [-0.3, -0.25) is 4.79 Å². The minimum Gasteiger partial charge on any atom is -0.493 e. The van der Waals surface area contributed by atoms with Gasteiger partial charge in [0, 0.05) is 10.7 Å². The first-order chi connectivity index (χ1) is 13.8. The second-order valence-corrected chi connectivity index (χ2v) is 7.63. The summed E-state index contributed by atoms with van der Waals surface area (Å²) >= 11 is 6.39. The van der Waals surface area contributed by atoms with E-state index in [2.05, 4.69) is 5.32 Å². The summed E-state index contributed by atoms with van der Waals surface area (Å²) < 4.78 is 45.4. The van der Waals surface area contributed by atoms with Gasteiger partial charge in [0.25, 0.3) is 0 Å². The van der Waals surface area contributed by atoms with E-state index in [9.17, 15) is 18.0 Å². The summed E-state index contributed by atoms with van der Waals surface area (Å²) in [6, 6.07) is 10.8. The number of amides is 1. The molecule has 1 amide bonds. The first-order valence-corrected chi connectivity index (χ1v) is 10.1. The number of benzene rings is 2. The number of alkyl halides is 3. The number of ether oxygens (including phenoxy) is 1. The average molecular weight is 426 g/mol. The molecular weight excluding hydrogens is 403 g/mol. The van der Waals surface area contributed by atoms with Crippen molar-refractivity contribution in [3.05, 3.63) is 58.6 Å². The molecule has 1 aliphatic rings. The molecule has 1 saturated carbocycles. The van der Waals surface area contributed by atoms with Crippen LogP contribution >= 0.6 is 11.6 Å². The van der Waals surface area contributed by atoms with Gasteiger partial charge < -0.3 is 10.1 Å². The van der Waals surface area contributed by atoms with Crippen LogP contribution < -0.4 is 10.1 Å². The molecule has 1 fully saturated rings. The molecule has 29 heavy (non-hydrogen) atoms. The molecule has 7 heteroatoms. The molecule has 0 aliphatic heterocycles. The molecular formula is C22H23ClF3NO2. The Morgan fingerprint density at radius 3 is 2.45 bits per heavy atom. The summed E-state index contributed by atoms with van der Waals surface area (Å²) in [6.45, 7) is 1.73. The topological polar surface area (TPSA) is 38.3 Å². The Morgan fingerprint density at radius 1 is 1.14 bits per heavy atom.